The van der Waals surface area contributed by atoms with Crippen LogP contribution in [0.2, 0.25) is 0 Å². The molecule has 0 spiro atoms. The summed E-state index contributed by atoms with van der Waals surface area (Å²) in [5, 5.41) is 6.04. The summed E-state index contributed by atoms with van der Waals surface area (Å²) in [6.45, 7) is 2.06. The van der Waals surface area contributed by atoms with Gasteiger partial charge in [0.2, 0.25) is 11.8 Å². The molecule has 1 aromatic carbocycles. The summed E-state index contributed by atoms with van der Waals surface area (Å²) in [4.78, 5) is 26.6. The summed E-state index contributed by atoms with van der Waals surface area (Å²) in [6, 6.07) is 10.5. The van der Waals surface area contributed by atoms with Gasteiger partial charge in [-0.05, 0) is 38.9 Å². The van der Waals surface area contributed by atoms with Crippen LogP contribution in [0.1, 0.15) is 44.6 Å². The van der Waals surface area contributed by atoms with E-state index < -0.39 is 5.54 Å². The third-order valence-electron chi connectivity index (χ3n) is 5.10. The summed E-state index contributed by atoms with van der Waals surface area (Å²) in [7, 11) is 4.06. The van der Waals surface area contributed by atoms with Crippen molar-refractivity contribution in [2.24, 2.45) is 0 Å². The first-order valence-electron chi connectivity index (χ1n) is 9.20. The predicted molar refractivity (Wildman–Crippen MR) is 100 cm³/mol. The molecule has 1 aliphatic carbocycles. The Morgan fingerprint density at radius 1 is 1.12 bits per heavy atom. The third-order valence-corrected chi connectivity index (χ3v) is 5.10. The van der Waals surface area contributed by atoms with Crippen molar-refractivity contribution >= 4 is 11.8 Å². The second kappa shape index (κ2) is 8.99. The highest BCUT2D eigenvalue weighted by molar-refractivity contribution is 5.91. The van der Waals surface area contributed by atoms with Crippen LogP contribution >= 0.6 is 0 Å². The van der Waals surface area contributed by atoms with Gasteiger partial charge in [0.1, 0.15) is 5.54 Å². The van der Waals surface area contributed by atoms with Gasteiger partial charge in [0.25, 0.3) is 0 Å². The maximum Gasteiger partial charge on any atom is 0.245 e. The molecule has 1 fully saturated rings. The molecule has 0 radical (unpaired) electrons. The molecule has 1 aliphatic rings. The quantitative estimate of drug-likeness (QED) is 0.796. The lowest BCUT2D eigenvalue weighted by Gasteiger charge is -2.37. The van der Waals surface area contributed by atoms with Gasteiger partial charge >= 0.3 is 0 Å². The Hall–Kier alpha value is -1.88. The smallest absolute Gasteiger partial charge is 0.245 e. The number of likely N-dealkylation sites (N-methyl/N-ethyl adjacent to an activating group) is 1. The molecule has 2 rings (SSSR count). The lowest BCUT2D eigenvalue weighted by atomic mass is 9.80. The van der Waals surface area contributed by atoms with Crippen LogP contribution in [0, 0.1) is 0 Å². The standard InChI is InChI=1S/C20H31N3O2/c1-16(24)22-20(12-8-5-9-13-20)19(25)21-15-18(23(2)3)14-17-10-6-4-7-11-17/h4,6-7,10-11,18H,5,8-9,12-15H2,1-3H3,(H,21,25)(H,22,24)/t18-/m1/s1. The Balaban J connectivity index is 2.00. The van der Waals surface area contributed by atoms with E-state index in [1.165, 1.54) is 12.5 Å². The lowest BCUT2D eigenvalue weighted by Crippen LogP contribution is -2.60. The van der Waals surface area contributed by atoms with Crippen LogP contribution in [0.5, 0.6) is 0 Å². The number of carbonyl (C=O) groups excluding carboxylic acids is 2. The minimum absolute atomic E-state index is 0.0395. The molecule has 1 saturated carbocycles. The SMILES string of the molecule is CC(=O)NC1(C(=O)NC[C@@H](Cc2ccccc2)N(C)C)CCCCC1. The summed E-state index contributed by atoms with van der Waals surface area (Å²) in [6.07, 6.45) is 5.42. The zero-order valence-electron chi connectivity index (χ0n) is 15.7. The Labute approximate surface area is 151 Å². The number of benzene rings is 1. The topological polar surface area (TPSA) is 61.4 Å². The van der Waals surface area contributed by atoms with Gasteiger partial charge in [0.15, 0.2) is 0 Å². The molecule has 2 N–H and O–H groups in total. The van der Waals surface area contributed by atoms with Crippen molar-refractivity contribution < 1.29 is 9.59 Å². The van der Waals surface area contributed by atoms with E-state index in [9.17, 15) is 9.59 Å². The molecule has 1 atom stereocenters. The van der Waals surface area contributed by atoms with Crippen molar-refractivity contribution in [2.75, 3.05) is 20.6 Å². The molecule has 0 heterocycles. The predicted octanol–water partition coefficient (Wildman–Crippen LogP) is 2.11. The van der Waals surface area contributed by atoms with Gasteiger partial charge < -0.3 is 15.5 Å². The van der Waals surface area contributed by atoms with E-state index in [4.69, 9.17) is 0 Å². The fourth-order valence-corrected chi connectivity index (χ4v) is 3.60. The Kier molecular flexibility index (Phi) is 7.00. The second-order valence-electron chi connectivity index (χ2n) is 7.34. The van der Waals surface area contributed by atoms with Crippen molar-refractivity contribution in [3.05, 3.63) is 35.9 Å². The highest BCUT2D eigenvalue weighted by Gasteiger charge is 2.40. The molecule has 0 bridgehead atoms. The van der Waals surface area contributed by atoms with E-state index in [1.54, 1.807) is 0 Å². The minimum atomic E-state index is -0.728. The number of rotatable bonds is 7. The van der Waals surface area contributed by atoms with E-state index in [0.29, 0.717) is 6.54 Å². The van der Waals surface area contributed by atoms with Crippen molar-refractivity contribution in [1.82, 2.24) is 15.5 Å². The first-order valence-corrected chi connectivity index (χ1v) is 9.20. The second-order valence-corrected chi connectivity index (χ2v) is 7.34. The average Bonchev–Trinajstić information content (AvgIpc) is 2.59. The highest BCUT2D eigenvalue weighted by Crippen LogP contribution is 2.28. The van der Waals surface area contributed by atoms with E-state index in [2.05, 4.69) is 27.7 Å². The van der Waals surface area contributed by atoms with Gasteiger partial charge in [0, 0.05) is 19.5 Å². The number of carbonyl (C=O) groups is 2. The summed E-state index contributed by atoms with van der Waals surface area (Å²) in [5.74, 6) is -0.173. The van der Waals surface area contributed by atoms with Crippen LogP contribution in [-0.4, -0.2) is 48.9 Å². The van der Waals surface area contributed by atoms with E-state index >= 15 is 0 Å². The molecule has 5 heteroatoms. The molecule has 0 unspecified atom stereocenters. The molecule has 1 aromatic rings. The van der Waals surface area contributed by atoms with Crippen LogP contribution in [0.4, 0.5) is 0 Å². The molecule has 0 aliphatic heterocycles. The minimum Gasteiger partial charge on any atom is -0.352 e. The molecule has 0 saturated heterocycles. The van der Waals surface area contributed by atoms with Crippen molar-refractivity contribution in [3.63, 3.8) is 0 Å². The fraction of sp³-hybridized carbons (Fsp3) is 0.600. The van der Waals surface area contributed by atoms with Gasteiger partial charge in [-0.2, -0.15) is 0 Å². The highest BCUT2D eigenvalue weighted by atomic mass is 16.2. The number of hydrogen-bond acceptors (Lipinski definition) is 3. The van der Waals surface area contributed by atoms with Crippen LogP contribution in [0.3, 0.4) is 0 Å². The third kappa shape index (κ3) is 5.56. The number of nitrogens with one attached hydrogen (secondary N) is 2. The first-order chi connectivity index (χ1) is 11.9. The van der Waals surface area contributed by atoms with Gasteiger partial charge in [-0.1, -0.05) is 49.6 Å². The molecular weight excluding hydrogens is 314 g/mol. The van der Waals surface area contributed by atoms with Gasteiger partial charge in [-0.15, -0.1) is 0 Å². The lowest BCUT2D eigenvalue weighted by molar-refractivity contribution is -0.134. The van der Waals surface area contributed by atoms with Crippen LogP contribution in [0.25, 0.3) is 0 Å². The van der Waals surface area contributed by atoms with Gasteiger partial charge in [-0.3, -0.25) is 9.59 Å². The van der Waals surface area contributed by atoms with Gasteiger partial charge in [-0.25, -0.2) is 0 Å². The van der Waals surface area contributed by atoms with E-state index in [-0.39, 0.29) is 17.9 Å². The normalized spacial score (nSPS) is 17.8. The monoisotopic (exact) mass is 345 g/mol. The van der Waals surface area contributed by atoms with Crippen LogP contribution in [0.15, 0.2) is 30.3 Å². The first kappa shape index (κ1) is 19.4. The average molecular weight is 345 g/mol. The van der Waals surface area contributed by atoms with Gasteiger partial charge in [0.05, 0.1) is 0 Å². The largest absolute Gasteiger partial charge is 0.352 e. The van der Waals surface area contributed by atoms with Crippen LogP contribution in [-0.2, 0) is 16.0 Å². The molecule has 0 aromatic heterocycles. The Morgan fingerprint density at radius 2 is 1.76 bits per heavy atom. The number of amides is 2. The molecule has 2 amide bonds. The van der Waals surface area contributed by atoms with Crippen molar-refractivity contribution in [3.8, 4) is 0 Å². The summed E-state index contributed by atoms with van der Waals surface area (Å²) in [5.41, 5.74) is 0.526. The maximum atomic E-state index is 12.9. The maximum absolute atomic E-state index is 12.9. The van der Waals surface area contributed by atoms with E-state index in [1.807, 2.05) is 32.3 Å². The van der Waals surface area contributed by atoms with E-state index in [0.717, 1.165) is 38.5 Å². The zero-order valence-corrected chi connectivity index (χ0v) is 15.7. The van der Waals surface area contributed by atoms with Crippen LogP contribution < -0.4 is 10.6 Å². The van der Waals surface area contributed by atoms with Crippen molar-refractivity contribution in [2.45, 2.75) is 57.0 Å². The number of hydrogen-bond donors (Lipinski definition) is 2. The molecular formula is C20H31N3O2. The Bertz CT molecular complexity index is 566. The van der Waals surface area contributed by atoms with Crippen molar-refractivity contribution in [1.29, 1.82) is 0 Å². The molecule has 5 nitrogen and oxygen atoms in total. The zero-order chi connectivity index (χ0) is 18.3. The molecule has 25 heavy (non-hydrogen) atoms. The number of nitrogens with zero attached hydrogens (tertiary/aromatic N) is 1. The summed E-state index contributed by atoms with van der Waals surface area (Å²) < 4.78 is 0. The summed E-state index contributed by atoms with van der Waals surface area (Å²) >= 11 is 0. The Morgan fingerprint density at radius 3 is 2.32 bits per heavy atom. The fourth-order valence-electron chi connectivity index (χ4n) is 3.60. The molecule has 138 valence electrons.